The third-order valence-corrected chi connectivity index (χ3v) is 4.31. The highest BCUT2D eigenvalue weighted by atomic mass is 32.2. The van der Waals surface area contributed by atoms with Gasteiger partial charge < -0.3 is 20.1 Å². The van der Waals surface area contributed by atoms with Gasteiger partial charge in [-0.2, -0.15) is 0 Å². The summed E-state index contributed by atoms with van der Waals surface area (Å²) in [6, 6.07) is -2.26. The van der Waals surface area contributed by atoms with Crippen molar-refractivity contribution in [3.63, 3.8) is 0 Å². The molecular formula is C10H14N2O6S. The summed E-state index contributed by atoms with van der Waals surface area (Å²) in [5, 5.41) is 12.5. The average Bonchev–Trinajstić information content (AvgIpc) is 2.68. The number of carboxylic acids is 1. The maximum atomic E-state index is 11.9. The monoisotopic (exact) mass is 290 g/mol. The molecule has 9 heteroatoms. The summed E-state index contributed by atoms with van der Waals surface area (Å²) in [6.45, 7) is 0.351. The van der Waals surface area contributed by atoms with Crippen LogP contribution in [-0.2, 0) is 19.4 Å². The highest BCUT2D eigenvalue weighted by Gasteiger charge is 2.34. The predicted octanol–water partition coefficient (Wildman–Crippen LogP) is -1.21. The van der Waals surface area contributed by atoms with Crippen LogP contribution in [0.1, 0.15) is 0 Å². The lowest BCUT2D eigenvalue weighted by molar-refractivity contribution is -0.147. The predicted molar refractivity (Wildman–Crippen MR) is 64.2 cm³/mol. The molecule has 0 radical (unpaired) electrons. The molecule has 0 bridgehead atoms. The van der Waals surface area contributed by atoms with E-state index in [9.17, 15) is 18.0 Å². The van der Waals surface area contributed by atoms with E-state index in [1.165, 1.54) is 6.08 Å². The highest BCUT2D eigenvalue weighted by molar-refractivity contribution is 7.94. The van der Waals surface area contributed by atoms with Crippen molar-refractivity contribution in [3.8, 4) is 0 Å². The van der Waals surface area contributed by atoms with Crippen molar-refractivity contribution in [2.75, 3.05) is 25.5 Å². The summed E-state index contributed by atoms with van der Waals surface area (Å²) in [4.78, 5) is 24.1. The van der Waals surface area contributed by atoms with Crippen molar-refractivity contribution in [1.29, 1.82) is 0 Å². The van der Waals surface area contributed by atoms with E-state index in [0.717, 1.165) is 10.3 Å². The Balaban J connectivity index is 1.99. The Kier molecular flexibility index (Phi) is 3.76. The quantitative estimate of drug-likeness (QED) is 0.660. The van der Waals surface area contributed by atoms with E-state index in [1.54, 1.807) is 0 Å². The highest BCUT2D eigenvalue weighted by Crippen LogP contribution is 2.11. The van der Waals surface area contributed by atoms with Gasteiger partial charge in [0.15, 0.2) is 15.9 Å². The maximum Gasteiger partial charge on any atom is 0.328 e. The van der Waals surface area contributed by atoms with Crippen molar-refractivity contribution in [3.05, 3.63) is 11.5 Å². The molecule has 0 aromatic carbocycles. The number of carboxylic acid groups (broad SMARTS) is 1. The maximum absolute atomic E-state index is 11.9. The first-order valence-electron chi connectivity index (χ1n) is 5.68. The number of urea groups is 1. The smallest absolute Gasteiger partial charge is 0.328 e. The molecule has 2 aliphatic rings. The number of nitrogens with one attached hydrogen (secondary N) is 1. The van der Waals surface area contributed by atoms with E-state index in [2.05, 4.69) is 5.32 Å². The first-order valence-corrected chi connectivity index (χ1v) is 7.39. The number of sulfone groups is 1. The molecule has 0 aliphatic carbocycles. The van der Waals surface area contributed by atoms with Gasteiger partial charge in [-0.3, -0.25) is 0 Å². The van der Waals surface area contributed by atoms with Crippen LogP contribution < -0.4 is 5.32 Å². The fraction of sp³-hybridized carbons (Fsp3) is 0.600. The largest absolute Gasteiger partial charge is 0.480 e. The molecule has 0 spiro atoms. The average molecular weight is 290 g/mol. The Morgan fingerprint density at radius 3 is 2.74 bits per heavy atom. The van der Waals surface area contributed by atoms with Gasteiger partial charge in [-0.15, -0.1) is 0 Å². The second-order valence-corrected chi connectivity index (χ2v) is 6.27. The molecule has 106 valence electrons. The van der Waals surface area contributed by atoms with Crippen LogP contribution in [0.2, 0.25) is 0 Å². The van der Waals surface area contributed by atoms with Crippen LogP contribution in [0.25, 0.3) is 0 Å². The second kappa shape index (κ2) is 5.17. The SMILES string of the molecule is O=C(O)C1COCCN1C(=O)NC1C=CS(=O)(=O)C1. The lowest BCUT2D eigenvalue weighted by Gasteiger charge is -2.33. The molecule has 2 amide bonds. The van der Waals surface area contributed by atoms with Gasteiger partial charge in [0.05, 0.1) is 25.0 Å². The Hall–Kier alpha value is -1.61. The van der Waals surface area contributed by atoms with E-state index in [4.69, 9.17) is 9.84 Å². The Morgan fingerprint density at radius 2 is 2.16 bits per heavy atom. The third-order valence-electron chi connectivity index (χ3n) is 2.91. The topological polar surface area (TPSA) is 113 Å². The fourth-order valence-electron chi connectivity index (χ4n) is 1.96. The molecule has 1 fully saturated rings. The number of amides is 2. The van der Waals surface area contributed by atoms with Gasteiger partial charge >= 0.3 is 12.0 Å². The summed E-state index contributed by atoms with van der Waals surface area (Å²) in [6.07, 6.45) is 1.38. The van der Waals surface area contributed by atoms with Crippen molar-refractivity contribution in [2.45, 2.75) is 12.1 Å². The number of hydrogen-bond acceptors (Lipinski definition) is 5. The number of aliphatic carboxylic acids is 1. The minimum absolute atomic E-state index is 0.0679. The molecular weight excluding hydrogens is 276 g/mol. The minimum atomic E-state index is -3.26. The molecule has 19 heavy (non-hydrogen) atoms. The van der Waals surface area contributed by atoms with Crippen molar-refractivity contribution < 1.29 is 27.9 Å². The molecule has 2 unspecified atom stereocenters. The lowest BCUT2D eigenvalue weighted by Crippen LogP contribution is -2.57. The summed E-state index contributed by atoms with van der Waals surface area (Å²) in [5.74, 6) is -1.34. The van der Waals surface area contributed by atoms with Crippen LogP contribution in [0, 0.1) is 0 Å². The summed E-state index contributed by atoms with van der Waals surface area (Å²) in [7, 11) is -3.26. The zero-order valence-corrected chi connectivity index (χ0v) is 10.8. The number of carbonyl (C=O) groups is 2. The molecule has 2 aliphatic heterocycles. The number of carbonyl (C=O) groups excluding carboxylic acids is 1. The number of rotatable bonds is 2. The molecule has 0 aromatic rings. The van der Waals surface area contributed by atoms with E-state index < -0.39 is 33.9 Å². The Bertz CT molecular complexity index is 514. The molecule has 0 aromatic heterocycles. The van der Waals surface area contributed by atoms with Crippen LogP contribution in [-0.4, -0.2) is 68.0 Å². The van der Waals surface area contributed by atoms with Gasteiger partial charge in [-0.25, -0.2) is 18.0 Å². The first kappa shape index (κ1) is 13.8. The van der Waals surface area contributed by atoms with Gasteiger partial charge in [0.2, 0.25) is 0 Å². The molecule has 2 N–H and O–H groups in total. The van der Waals surface area contributed by atoms with E-state index in [0.29, 0.717) is 0 Å². The Morgan fingerprint density at radius 1 is 1.42 bits per heavy atom. The van der Waals surface area contributed by atoms with Crippen LogP contribution in [0.15, 0.2) is 11.5 Å². The van der Waals surface area contributed by atoms with Gasteiger partial charge in [-0.1, -0.05) is 0 Å². The van der Waals surface area contributed by atoms with E-state index >= 15 is 0 Å². The van der Waals surface area contributed by atoms with Crippen LogP contribution in [0.3, 0.4) is 0 Å². The summed E-state index contributed by atoms with van der Waals surface area (Å²) < 4.78 is 27.4. The van der Waals surface area contributed by atoms with Crippen LogP contribution in [0.5, 0.6) is 0 Å². The molecule has 2 rings (SSSR count). The molecule has 1 saturated heterocycles. The summed E-state index contributed by atoms with van der Waals surface area (Å²) in [5.41, 5.74) is 0. The molecule has 8 nitrogen and oxygen atoms in total. The van der Waals surface area contributed by atoms with Gasteiger partial charge in [0.1, 0.15) is 0 Å². The lowest BCUT2D eigenvalue weighted by atomic mass is 10.2. The van der Waals surface area contributed by atoms with Crippen LogP contribution >= 0.6 is 0 Å². The number of morpholine rings is 1. The third kappa shape index (κ3) is 3.24. The zero-order valence-electron chi connectivity index (χ0n) is 9.98. The van der Waals surface area contributed by atoms with Gasteiger partial charge in [0, 0.05) is 12.0 Å². The summed E-state index contributed by atoms with van der Waals surface area (Å²) >= 11 is 0. The number of hydrogen-bond donors (Lipinski definition) is 2. The number of nitrogens with zero attached hydrogens (tertiary/aromatic N) is 1. The normalized spacial score (nSPS) is 29.2. The molecule has 2 atom stereocenters. The minimum Gasteiger partial charge on any atom is -0.480 e. The Labute approximate surface area is 109 Å². The molecule has 2 heterocycles. The second-order valence-electron chi connectivity index (χ2n) is 4.34. The first-order chi connectivity index (χ1) is 8.89. The standard InChI is InChI=1S/C10H14N2O6S/c13-9(14)8-5-18-3-2-12(8)10(15)11-7-1-4-19(16,17)6-7/h1,4,7-8H,2-3,5-6H2,(H,11,15)(H,13,14). The van der Waals surface area contributed by atoms with Crippen molar-refractivity contribution >= 4 is 21.8 Å². The van der Waals surface area contributed by atoms with Gasteiger partial charge in [-0.05, 0) is 6.08 Å². The van der Waals surface area contributed by atoms with Gasteiger partial charge in [0.25, 0.3) is 0 Å². The zero-order chi connectivity index (χ0) is 14.0. The van der Waals surface area contributed by atoms with Crippen LogP contribution in [0.4, 0.5) is 4.79 Å². The van der Waals surface area contributed by atoms with E-state index in [-0.39, 0.29) is 25.5 Å². The molecule has 0 saturated carbocycles. The van der Waals surface area contributed by atoms with Crippen molar-refractivity contribution in [1.82, 2.24) is 10.2 Å². The fourth-order valence-corrected chi connectivity index (χ4v) is 3.19. The van der Waals surface area contributed by atoms with E-state index in [1.807, 2.05) is 0 Å². The van der Waals surface area contributed by atoms with Crippen molar-refractivity contribution in [2.24, 2.45) is 0 Å². The number of ether oxygens (including phenoxy) is 1.